The molecule has 1 aromatic rings. The normalized spacial score (nSPS) is 9.80. The van der Waals surface area contributed by atoms with Gasteiger partial charge in [-0.2, -0.15) is 0 Å². The molecule has 0 aliphatic carbocycles. The molecule has 0 N–H and O–H groups in total. The van der Waals surface area contributed by atoms with Crippen molar-refractivity contribution in [3.05, 3.63) is 6.33 Å². The van der Waals surface area contributed by atoms with Crippen molar-refractivity contribution in [2.24, 2.45) is 17.3 Å². The SMILES string of the molecule is CN=Nc1n[c-]n(C)n1.[Y]. The second-order valence-electron chi connectivity index (χ2n) is 1.44. The van der Waals surface area contributed by atoms with Gasteiger partial charge in [0, 0.05) is 46.8 Å². The zero-order chi connectivity index (χ0) is 6.69. The van der Waals surface area contributed by atoms with E-state index in [1.165, 1.54) is 4.68 Å². The Bertz CT molecular complexity index is 217. The van der Waals surface area contributed by atoms with E-state index in [4.69, 9.17) is 0 Å². The average molecular weight is 213 g/mol. The van der Waals surface area contributed by atoms with Gasteiger partial charge in [0.15, 0.2) is 0 Å². The van der Waals surface area contributed by atoms with Crippen molar-refractivity contribution in [2.45, 2.75) is 0 Å². The summed E-state index contributed by atoms with van der Waals surface area (Å²) < 4.78 is 1.45. The molecule has 0 atom stereocenters. The van der Waals surface area contributed by atoms with Gasteiger partial charge >= 0.3 is 0 Å². The summed E-state index contributed by atoms with van der Waals surface area (Å²) in [5, 5.41) is 10.9. The quantitative estimate of drug-likeness (QED) is 0.498. The minimum atomic E-state index is 0. The van der Waals surface area contributed by atoms with Crippen LogP contribution in [0.1, 0.15) is 0 Å². The van der Waals surface area contributed by atoms with Gasteiger partial charge in [-0.1, -0.05) is 0 Å². The molecule has 51 valence electrons. The van der Waals surface area contributed by atoms with E-state index in [1.54, 1.807) is 14.1 Å². The summed E-state index contributed by atoms with van der Waals surface area (Å²) >= 11 is 0. The number of rotatable bonds is 1. The Morgan fingerprint density at radius 1 is 1.60 bits per heavy atom. The number of aryl methyl sites for hydroxylation is 1. The van der Waals surface area contributed by atoms with Crippen LogP contribution in [-0.4, -0.2) is 21.8 Å². The Morgan fingerprint density at radius 3 is 2.70 bits per heavy atom. The van der Waals surface area contributed by atoms with E-state index in [0.717, 1.165) is 0 Å². The topological polar surface area (TPSA) is 55.4 Å². The van der Waals surface area contributed by atoms with Crippen molar-refractivity contribution in [3.8, 4) is 0 Å². The van der Waals surface area contributed by atoms with Gasteiger partial charge in [-0.15, -0.1) is 0 Å². The van der Waals surface area contributed by atoms with E-state index in [1.807, 2.05) is 0 Å². The van der Waals surface area contributed by atoms with Gasteiger partial charge in [-0.25, -0.2) is 15.3 Å². The standard InChI is InChI=1S/C4H6N5.Y/c1-5-7-4-6-3-9(2)8-4;/h1-2H3;/q-1;. The molecule has 1 aromatic heterocycles. The number of azo groups is 1. The molecule has 1 rings (SSSR count). The number of nitrogens with zero attached hydrogens (tertiary/aromatic N) is 5. The molecule has 0 bridgehead atoms. The van der Waals surface area contributed by atoms with E-state index < -0.39 is 0 Å². The van der Waals surface area contributed by atoms with Crippen LogP contribution in [0, 0.1) is 6.33 Å². The first-order valence-corrected chi connectivity index (χ1v) is 2.41. The first kappa shape index (κ1) is 9.84. The molecule has 10 heavy (non-hydrogen) atoms. The first-order chi connectivity index (χ1) is 4.33. The molecular formula is C4H6N5Y-. The molecule has 6 heteroatoms. The van der Waals surface area contributed by atoms with Crippen LogP contribution >= 0.6 is 0 Å². The van der Waals surface area contributed by atoms with Crippen LogP contribution < -0.4 is 0 Å². The number of aromatic nitrogens is 3. The third-order valence-electron chi connectivity index (χ3n) is 0.724. The van der Waals surface area contributed by atoms with E-state index in [0.29, 0.717) is 5.95 Å². The summed E-state index contributed by atoms with van der Waals surface area (Å²) in [7, 11) is 3.29. The van der Waals surface area contributed by atoms with E-state index >= 15 is 0 Å². The molecular weight excluding hydrogens is 207 g/mol. The van der Waals surface area contributed by atoms with Gasteiger partial charge in [0.2, 0.25) is 0 Å². The van der Waals surface area contributed by atoms with Gasteiger partial charge < -0.3 is 9.67 Å². The van der Waals surface area contributed by atoms with Gasteiger partial charge in [0.05, 0.1) is 0 Å². The smallest absolute Gasteiger partial charge is 0.126 e. The summed E-state index contributed by atoms with van der Waals surface area (Å²) in [6.45, 7) is 0. The maximum absolute atomic E-state index is 3.79. The molecule has 5 nitrogen and oxygen atoms in total. The Labute approximate surface area is 83.8 Å². The molecule has 0 aromatic carbocycles. The maximum atomic E-state index is 3.79. The van der Waals surface area contributed by atoms with Crippen molar-refractivity contribution < 1.29 is 32.7 Å². The summed E-state index contributed by atoms with van der Waals surface area (Å²) in [5.74, 6) is 0.347. The minimum Gasteiger partial charge on any atom is -0.397 e. The van der Waals surface area contributed by atoms with Crippen molar-refractivity contribution >= 4 is 5.95 Å². The minimum absolute atomic E-state index is 0. The Morgan fingerprint density at radius 2 is 2.30 bits per heavy atom. The van der Waals surface area contributed by atoms with E-state index in [9.17, 15) is 0 Å². The van der Waals surface area contributed by atoms with Crippen LogP contribution in [0.3, 0.4) is 0 Å². The van der Waals surface area contributed by atoms with Gasteiger partial charge in [0.1, 0.15) is 5.95 Å². The fourth-order valence-electron chi connectivity index (χ4n) is 0.428. The van der Waals surface area contributed by atoms with Crippen molar-refractivity contribution in [2.75, 3.05) is 7.05 Å². The largest absolute Gasteiger partial charge is 0.397 e. The number of hydrogen-bond donors (Lipinski definition) is 0. The molecule has 1 radical (unpaired) electrons. The van der Waals surface area contributed by atoms with Crippen LogP contribution in [0.15, 0.2) is 10.2 Å². The van der Waals surface area contributed by atoms with Crippen LogP contribution in [0.5, 0.6) is 0 Å². The molecule has 0 fully saturated rings. The third kappa shape index (κ3) is 2.62. The third-order valence-corrected chi connectivity index (χ3v) is 0.724. The molecule has 0 spiro atoms. The fraction of sp³-hybridized carbons (Fsp3) is 0.500. The zero-order valence-corrected chi connectivity index (χ0v) is 8.65. The molecule has 0 saturated heterocycles. The Hall–Kier alpha value is -0.156. The van der Waals surface area contributed by atoms with Crippen molar-refractivity contribution in [1.82, 2.24) is 14.8 Å². The van der Waals surface area contributed by atoms with Crippen LogP contribution in [0.4, 0.5) is 5.95 Å². The second-order valence-corrected chi connectivity index (χ2v) is 1.44. The van der Waals surface area contributed by atoms with Crippen LogP contribution in [0.25, 0.3) is 0 Å². The van der Waals surface area contributed by atoms with Gasteiger partial charge in [0.25, 0.3) is 0 Å². The monoisotopic (exact) mass is 213 g/mol. The molecule has 0 saturated carbocycles. The Balaban J connectivity index is 0.000000810. The predicted molar refractivity (Wildman–Crippen MR) is 30.3 cm³/mol. The van der Waals surface area contributed by atoms with Gasteiger partial charge in [-0.3, -0.25) is 0 Å². The summed E-state index contributed by atoms with van der Waals surface area (Å²) in [4.78, 5) is 3.67. The van der Waals surface area contributed by atoms with Crippen LogP contribution in [-0.2, 0) is 39.8 Å². The summed E-state index contributed by atoms with van der Waals surface area (Å²) in [6.07, 6.45) is 2.56. The molecule has 0 amide bonds. The fourth-order valence-corrected chi connectivity index (χ4v) is 0.428. The number of hydrogen-bond acceptors (Lipinski definition) is 4. The van der Waals surface area contributed by atoms with E-state index in [-0.39, 0.29) is 32.7 Å². The van der Waals surface area contributed by atoms with Gasteiger partial charge in [-0.05, 0) is 6.33 Å². The molecule has 0 aliphatic heterocycles. The second kappa shape index (κ2) is 4.63. The maximum Gasteiger partial charge on any atom is 0.126 e. The average Bonchev–Trinajstić information content (AvgIpc) is 2.17. The first-order valence-electron chi connectivity index (χ1n) is 2.41. The zero-order valence-electron chi connectivity index (χ0n) is 5.81. The van der Waals surface area contributed by atoms with Crippen LogP contribution in [0.2, 0.25) is 0 Å². The predicted octanol–water partition coefficient (Wildman–Crippen LogP) is 0.326. The Kier molecular flexibility index (Phi) is 4.56. The molecule has 1 heterocycles. The summed E-state index contributed by atoms with van der Waals surface area (Å²) in [5.41, 5.74) is 0. The molecule has 0 unspecified atom stereocenters. The molecule has 0 aliphatic rings. The van der Waals surface area contributed by atoms with Crippen molar-refractivity contribution in [1.29, 1.82) is 0 Å². The van der Waals surface area contributed by atoms with Crippen molar-refractivity contribution in [3.63, 3.8) is 0 Å². The van der Waals surface area contributed by atoms with E-state index in [2.05, 4.69) is 26.6 Å². The summed E-state index contributed by atoms with van der Waals surface area (Å²) in [6, 6.07) is 0.